The van der Waals surface area contributed by atoms with Crippen LogP contribution >= 0.6 is 0 Å². The SMILES string of the molecule is C=Cc1cccc2[nH]c(CN(Cc3ccc(CNCc4ccccn4)cc3)C3CCCc4cccnc43)nc12. The van der Waals surface area contributed by atoms with E-state index in [4.69, 9.17) is 9.97 Å². The quantitative estimate of drug-likeness (QED) is 0.227. The lowest BCUT2D eigenvalue weighted by Crippen LogP contribution is -2.31. The van der Waals surface area contributed by atoms with Crippen molar-refractivity contribution in [3.8, 4) is 0 Å². The number of rotatable bonds is 10. The number of fused-ring (bicyclic) bond motifs is 2. The molecule has 0 saturated heterocycles. The van der Waals surface area contributed by atoms with Gasteiger partial charge in [0, 0.05) is 37.6 Å². The third kappa shape index (κ3) is 5.82. The number of hydrogen-bond acceptors (Lipinski definition) is 5. The highest BCUT2D eigenvalue weighted by Crippen LogP contribution is 2.35. The van der Waals surface area contributed by atoms with E-state index in [1.807, 2.05) is 42.7 Å². The van der Waals surface area contributed by atoms with Gasteiger partial charge in [0.05, 0.1) is 35.0 Å². The molecule has 0 amide bonds. The first-order chi connectivity index (χ1) is 19.3. The Morgan fingerprint density at radius 1 is 0.897 bits per heavy atom. The van der Waals surface area contributed by atoms with E-state index >= 15 is 0 Å². The molecule has 0 bridgehead atoms. The van der Waals surface area contributed by atoms with Crippen molar-refractivity contribution in [1.29, 1.82) is 0 Å². The van der Waals surface area contributed by atoms with Gasteiger partial charge in [-0.05, 0) is 60.2 Å². The largest absolute Gasteiger partial charge is 0.341 e. The summed E-state index contributed by atoms with van der Waals surface area (Å²) >= 11 is 0. The van der Waals surface area contributed by atoms with Crippen LogP contribution in [0.3, 0.4) is 0 Å². The second kappa shape index (κ2) is 11.7. The number of hydrogen-bond donors (Lipinski definition) is 2. The maximum atomic E-state index is 4.99. The van der Waals surface area contributed by atoms with Gasteiger partial charge in [0.1, 0.15) is 5.82 Å². The second-order valence-corrected chi connectivity index (χ2v) is 10.2. The summed E-state index contributed by atoms with van der Waals surface area (Å²) in [6, 6.07) is 25.7. The maximum Gasteiger partial charge on any atom is 0.121 e. The van der Waals surface area contributed by atoms with Gasteiger partial charge in [0.25, 0.3) is 0 Å². The first-order valence-corrected chi connectivity index (χ1v) is 13.7. The first-order valence-electron chi connectivity index (χ1n) is 13.7. The Kier molecular flexibility index (Phi) is 7.56. The topological polar surface area (TPSA) is 69.7 Å². The number of para-hydroxylation sites is 1. The summed E-state index contributed by atoms with van der Waals surface area (Å²) < 4.78 is 0. The van der Waals surface area contributed by atoms with E-state index in [1.54, 1.807) is 0 Å². The molecule has 6 heteroatoms. The Labute approximate surface area is 229 Å². The Hall–Kier alpha value is -4.13. The van der Waals surface area contributed by atoms with Gasteiger partial charge in [-0.3, -0.25) is 14.9 Å². The van der Waals surface area contributed by atoms with Crippen molar-refractivity contribution in [2.24, 2.45) is 0 Å². The molecule has 3 aromatic heterocycles. The fourth-order valence-electron chi connectivity index (χ4n) is 5.59. The molecular weight excluding hydrogens is 480 g/mol. The van der Waals surface area contributed by atoms with Crippen LogP contribution in [0.2, 0.25) is 0 Å². The zero-order valence-corrected chi connectivity index (χ0v) is 22.2. The first kappa shape index (κ1) is 25.2. The van der Waals surface area contributed by atoms with Crippen LogP contribution in [0.15, 0.2) is 91.8 Å². The number of pyridine rings is 2. The summed E-state index contributed by atoms with van der Waals surface area (Å²) in [7, 11) is 0. The van der Waals surface area contributed by atoms with Crippen LogP contribution in [0, 0.1) is 0 Å². The Bertz CT molecular complexity index is 1540. The number of aryl methyl sites for hydroxylation is 1. The molecule has 1 aliphatic rings. The van der Waals surface area contributed by atoms with Gasteiger partial charge < -0.3 is 10.3 Å². The van der Waals surface area contributed by atoms with Crippen LogP contribution in [0.1, 0.15) is 58.3 Å². The molecule has 1 aliphatic carbocycles. The smallest absolute Gasteiger partial charge is 0.121 e. The fourth-order valence-corrected chi connectivity index (χ4v) is 5.59. The molecule has 0 aliphatic heterocycles. The number of aromatic amines is 1. The number of benzene rings is 2. The zero-order valence-electron chi connectivity index (χ0n) is 22.2. The molecule has 39 heavy (non-hydrogen) atoms. The third-order valence-corrected chi connectivity index (χ3v) is 7.54. The van der Waals surface area contributed by atoms with Crippen molar-refractivity contribution in [3.63, 3.8) is 0 Å². The van der Waals surface area contributed by atoms with Gasteiger partial charge in [-0.25, -0.2) is 4.98 Å². The number of nitrogens with one attached hydrogen (secondary N) is 2. The van der Waals surface area contributed by atoms with Gasteiger partial charge in [-0.2, -0.15) is 0 Å². The standard InChI is InChI=1S/C33H34N6/c1-2-26-8-5-12-29-32(26)38-31(37-29)23-39(30-13-6-9-27-10-7-19-36-33(27)30)22-25-16-14-24(15-17-25)20-34-21-28-11-3-4-18-35-28/h2-5,7-8,10-12,14-19,30,34H,1,6,9,13,20-23H2,(H,37,38). The summed E-state index contributed by atoms with van der Waals surface area (Å²) in [4.78, 5) is 20.3. The van der Waals surface area contributed by atoms with E-state index in [0.717, 1.165) is 67.1 Å². The lowest BCUT2D eigenvalue weighted by atomic mass is 9.90. The van der Waals surface area contributed by atoms with E-state index in [2.05, 4.69) is 75.3 Å². The van der Waals surface area contributed by atoms with Gasteiger partial charge in [0.2, 0.25) is 0 Å². The number of H-pyrrole nitrogens is 1. The molecule has 2 aromatic carbocycles. The fraction of sp³-hybridized carbons (Fsp3) is 0.242. The maximum absolute atomic E-state index is 4.99. The molecule has 6 rings (SSSR count). The monoisotopic (exact) mass is 514 g/mol. The van der Waals surface area contributed by atoms with Crippen molar-refractivity contribution in [3.05, 3.63) is 131 Å². The van der Waals surface area contributed by atoms with Crippen molar-refractivity contribution >= 4 is 17.1 Å². The minimum atomic E-state index is 0.252. The lowest BCUT2D eigenvalue weighted by molar-refractivity contribution is 0.153. The van der Waals surface area contributed by atoms with Crippen LogP contribution in [0.25, 0.3) is 17.1 Å². The molecule has 2 N–H and O–H groups in total. The van der Waals surface area contributed by atoms with Crippen LogP contribution in [-0.4, -0.2) is 24.8 Å². The highest BCUT2D eigenvalue weighted by Gasteiger charge is 2.28. The molecule has 5 aromatic rings. The molecule has 3 heterocycles. The third-order valence-electron chi connectivity index (χ3n) is 7.54. The predicted octanol–water partition coefficient (Wildman–Crippen LogP) is 6.37. The Balaban J connectivity index is 1.22. The Morgan fingerprint density at radius 3 is 2.62 bits per heavy atom. The van der Waals surface area contributed by atoms with Crippen molar-refractivity contribution in [1.82, 2.24) is 30.2 Å². The Morgan fingerprint density at radius 2 is 1.77 bits per heavy atom. The molecular formula is C33H34N6. The molecule has 0 radical (unpaired) electrons. The summed E-state index contributed by atoms with van der Waals surface area (Å²) in [5, 5.41) is 3.49. The second-order valence-electron chi connectivity index (χ2n) is 10.2. The highest BCUT2D eigenvalue weighted by molar-refractivity contribution is 5.84. The molecule has 1 unspecified atom stereocenters. The summed E-state index contributed by atoms with van der Waals surface area (Å²) in [6.45, 7) is 7.09. The summed E-state index contributed by atoms with van der Waals surface area (Å²) in [5.74, 6) is 0.970. The molecule has 0 saturated carbocycles. The minimum absolute atomic E-state index is 0.252. The summed E-state index contributed by atoms with van der Waals surface area (Å²) in [5.41, 5.74) is 9.26. The van der Waals surface area contributed by atoms with Crippen molar-refractivity contribution < 1.29 is 0 Å². The van der Waals surface area contributed by atoms with E-state index in [9.17, 15) is 0 Å². The van der Waals surface area contributed by atoms with Gasteiger partial charge in [-0.1, -0.05) is 61.2 Å². The number of imidazole rings is 1. The van der Waals surface area contributed by atoms with Crippen LogP contribution in [0.5, 0.6) is 0 Å². The van der Waals surface area contributed by atoms with Crippen LogP contribution < -0.4 is 5.32 Å². The summed E-state index contributed by atoms with van der Waals surface area (Å²) in [6.07, 6.45) is 9.00. The molecule has 196 valence electrons. The number of aromatic nitrogens is 4. The van der Waals surface area contributed by atoms with Crippen molar-refractivity contribution in [2.75, 3.05) is 0 Å². The van der Waals surface area contributed by atoms with E-state index < -0.39 is 0 Å². The van der Waals surface area contributed by atoms with Crippen molar-refractivity contribution in [2.45, 2.75) is 51.5 Å². The zero-order chi connectivity index (χ0) is 26.4. The van der Waals surface area contributed by atoms with Gasteiger partial charge in [0.15, 0.2) is 0 Å². The average Bonchev–Trinajstić information content (AvgIpc) is 3.41. The van der Waals surface area contributed by atoms with E-state index in [1.165, 1.54) is 28.8 Å². The van der Waals surface area contributed by atoms with Gasteiger partial charge >= 0.3 is 0 Å². The van der Waals surface area contributed by atoms with Crippen LogP contribution in [-0.2, 0) is 32.6 Å². The molecule has 6 nitrogen and oxygen atoms in total. The van der Waals surface area contributed by atoms with E-state index in [-0.39, 0.29) is 6.04 Å². The molecule has 0 fully saturated rings. The van der Waals surface area contributed by atoms with E-state index in [0.29, 0.717) is 0 Å². The average molecular weight is 515 g/mol. The molecule has 0 spiro atoms. The predicted molar refractivity (Wildman–Crippen MR) is 157 cm³/mol. The van der Waals surface area contributed by atoms with Gasteiger partial charge in [-0.15, -0.1) is 0 Å². The lowest BCUT2D eigenvalue weighted by Gasteiger charge is -2.34. The highest BCUT2D eigenvalue weighted by atomic mass is 15.2. The number of nitrogens with zero attached hydrogens (tertiary/aromatic N) is 4. The molecule has 1 atom stereocenters. The normalized spacial score (nSPS) is 14.9. The van der Waals surface area contributed by atoms with Crippen LogP contribution in [0.4, 0.5) is 0 Å². The minimum Gasteiger partial charge on any atom is -0.341 e.